The SMILES string of the molecule is COc1ccc(/C=C/C(=O)NC[C@H]2Cc3cc(-c4ccc(S(C)(=O)=O)cc4)ccc3O2)cc1OC. The van der Waals surface area contributed by atoms with Crippen molar-refractivity contribution in [3.63, 3.8) is 0 Å². The quantitative estimate of drug-likeness (QED) is 0.479. The summed E-state index contributed by atoms with van der Waals surface area (Å²) in [5.74, 6) is 1.80. The summed E-state index contributed by atoms with van der Waals surface area (Å²) in [5.41, 5.74) is 3.78. The first-order valence-corrected chi connectivity index (χ1v) is 12.9. The smallest absolute Gasteiger partial charge is 0.244 e. The molecule has 0 saturated heterocycles. The van der Waals surface area contributed by atoms with E-state index in [-0.39, 0.29) is 12.0 Å². The lowest BCUT2D eigenvalue weighted by Crippen LogP contribution is -2.33. The van der Waals surface area contributed by atoms with E-state index in [4.69, 9.17) is 14.2 Å². The van der Waals surface area contributed by atoms with Gasteiger partial charge in [0.1, 0.15) is 11.9 Å². The zero-order valence-electron chi connectivity index (χ0n) is 19.8. The first kappa shape index (κ1) is 24.3. The van der Waals surface area contributed by atoms with Crippen molar-refractivity contribution in [1.29, 1.82) is 0 Å². The van der Waals surface area contributed by atoms with Gasteiger partial charge in [0.2, 0.25) is 5.91 Å². The van der Waals surface area contributed by atoms with Gasteiger partial charge < -0.3 is 19.5 Å². The van der Waals surface area contributed by atoms with Gasteiger partial charge in [-0.1, -0.05) is 24.3 Å². The number of carbonyl (C=O) groups is 1. The van der Waals surface area contributed by atoms with Gasteiger partial charge in [-0.2, -0.15) is 0 Å². The molecule has 7 nitrogen and oxygen atoms in total. The molecule has 0 aliphatic carbocycles. The molecule has 0 bridgehead atoms. The number of ether oxygens (including phenoxy) is 3. The molecule has 35 heavy (non-hydrogen) atoms. The predicted octanol–water partition coefficient (Wildman–Crippen LogP) is 3.91. The van der Waals surface area contributed by atoms with E-state index in [1.54, 1.807) is 56.7 Å². The van der Waals surface area contributed by atoms with E-state index >= 15 is 0 Å². The second kappa shape index (κ2) is 10.2. The molecular weight excluding hydrogens is 466 g/mol. The highest BCUT2D eigenvalue weighted by atomic mass is 32.2. The minimum Gasteiger partial charge on any atom is -0.493 e. The number of hydrogen-bond acceptors (Lipinski definition) is 6. The third-order valence-electron chi connectivity index (χ3n) is 5.76. The van der Waals surface area contributed by atoms with Crippen LogP contribution in [0.15, 0.2) is 71.6 Å². The largest absolute Gasteiger partial charge is 0.493 e. The van der Waals surface area contributed by atoms with E-state index in [1.807, 2.05) is 24.3 Å². The highest BCUT2D eigenvalue weighted by Crippen LogP contribution is 2.33. The van der Waals surface area contributed by atoms with Crippen LogP contribution in [0.25, 0.3) is 17.2 Å². The lowest BCUT2D eigenvalue weighted by molar-refractivity contribution is -0.116. The predicted molar refractivity (Wildman–Crippen MR) is 135 cm³/mol. The van der Waals surface area contributed by atoms with Crippen molar-refractivity contribution in [2.75, 3.05) is 27.0 Å². The Bertz CT molecular complexity index is 1360. The normalized spacial score (nSPS) is 14.9. The lowest BCUT2D eigenvalue weighted by atomic mass is 10.0. The number of methoxy groups -OCH3 is 2. The average molecular weight is 494 g/mol. The van der Waals surface area contributed by atoms with Crippen molar-refractivity contribution in [2.24, 2.45) is 0 Å². The number of nitrogens with one attached hydrogen (secondary N) is 1. The summed E-state index contributed by atoms with van der Waals surface area (Å²) in [4.78, 5) is 12.6. The standard InChI is InChI=1S/C27H27NO6S/c1-32-25-11-4-18(14-26(25)33-2)5-13-27(29)28-17-22-16-21-15-20(8-12-24(21)34-22)19-6-9-23(10-7-19)35(3,30)31/h4-15,22H,16-17H2,1-3H3,(H,28,29)/b13-5+/t22-/m1/s1. The number of benzene rings is 3. The number of amides is 1. The molecule has 0 spiro atoms. The van der Waals surface area contributed by atoms with Crippen molar-refractivity contribution in [3.05, 3.63) is 77.9 Å². The zero-order valence-corrected chi connectivity index (χ0v) is 20.6. The summed E-state index contributed by atoms with van der Waals surface area (Å²) in [6.45, 7) is 0.377. The molecule has 1 amide bonds. The fourth-order valence-electron chi connectivity index (χ4n) is 3.91. The maximum atomic E-state index is 12.3. The minimum atomic E-state index is -3.23. The molecule has 1 heterocycles. The van der Waals surface area contributed by atoms with Gasteiger partial charge >= 0.3 is 0 Å². The highest BCUT2D eigenvalue weighted by Gasteiger charge is 2.23. The number of hydrogen-bond donors (Lipinski definition) is 1. The van der Waals surface area contributed by atoms with Gasteiger partial charge in [0, 0.05) is 18.8 Å². The number of sulfone groups is 1. The van der Waals surface area contributed by atoms with Crippen LogP contribution >= 0.6 is 0 Å². The molecule has 3 aromatic carbocycles. The van der Waals surface area contributed by atoms with Crippen LogP contribution in [-0.4, -0.2) is 47.4 Å². The van der Waals surface area contributed by atoms with Gasteiger partial charge in [-0.05, 0) is 64.7 Å². The van der Waals surface area contributed by atoms with Crippen LogP contribution in [0, 0.1) is 0 Å². The summed E-state index contributed by atoms with van der Waals surface area (Å²) >= 11 is 0. The molecule has 0 fully saturated rings. The first-order valence-electron chi connectivity index (χ1n) is 11.0. The van der Waals surface area contributed by atoms with E-state index < -0.39 is 9.84 Å². The van der Waals surface area contributed by atoms with Crippen molar-refractivity contribution in [1.82, 2.24) is 5.32 Å². The number of carbonyl (C=O) groups excluding carboxylic acids is 1. The molecule has 1 aliphatic rings. The Labute approximate surface area is 205 Å². The molecular formula is C27H27NO6S. The van der Waals surface area contributed by atoms with Gasteiger partial charge in [0.25, 0.3) is 0 Å². The fraction of sp³-hybridized carbons (Fsp3) is 0.222. The average Bonchev–Trinajstić information content (AvgIpc) is 3.27. The Morgan fingerprint density at radius 2 is 1.71 bits per heavy atom. The Balaban J connectivity index is 1.34. The topological polar surface area (TPSA) is 90.9 Å². The maximum absolute atomic E-state index is 12.3. The Hall–Kier alpha value is -3.78. The lowest BCUT2D eigenvalue weighted by Gasteiger charge is -2.11. The van der Waals surface area contributed by atoms with E-state index in [0.29, 0.717) is 29.4 Å². The molecule has 1 atom stereocenters. The van der Waals surface area contributed by atoms with Crippen molar-refractivity contribution >= 4 is 21.8 Å². The van der Waals surface area contributed by atoms with Crippen LogP contribution in [0.1, 0.15) is 11.1 Å². The number of fused-ring (bicyclic) bond motifs is 1. The molecule has 182 valence electrons. The molecule has 0 saturated carbocycles. The molecule has 3 aromatic rings. The van der Waals surface area contributed by atoms with Crippen LogP contribution < -0.4 is 19.5 Å². The first-order chi connectivity index (χ1) is 16.8. The van der Waals surface area contributed by atoms with Crippen molar-refractivity contribution < 1.29 is 27.4 Å². The van der Waals surface area contributed by atoms with Gasteiger partial charge in [0.05, 0.1) is 25.7 Å². The molecule has 0 unspecified atom stereocenters. The van der Waals surface area contributed by atoms with E-state index in [2.05, 4.69) is 5.32 Å². The highest BCUT2D eigenvalue weighted by molar-refractivity contribution is 7.90. The van der Waals surface area contributed by atoms with Gasteiger partial charge in [-0.3, -0.25) is 4.79 Å². The number of rotatable bonds is 8. The van der Waals surface area contributed by atoms with Crippen LogP contribution in [-0.2, 0) is 21.1 Å². The molecule has 0 radical (unpaired) electrons. The second-order valence-corrected chi connectivity index (χ2v) is 10.3. The molecule has 4 rings (SSSR count). The Morgan fingerprint density at radius 3 is 2.40 bits per heavy atom. The third-order valence-corrected chi connectivity index (χ3v) is 6.88. The fourth-order valence-corrected chi connectivity index (χ4v) is 4.54. The Morgan fingerprint density at radius 1 is 1.00 bits per heavy atom. The minimum absolute atomic E-state index is 0.161. The van der Waals surface area contributed by atoms with Crippen LogP contribution in [0.3, 0.4) is 0 Å². The summed E-state index contributed by atoms with van der Waals surface area (Å²) < 4.78 is 39.9. The summed E-state index contributed by atoms with van der Waals surface area (Å²) in [7, 11) is -0.0909. The molecule has 8 heteroatoms. The third kappa shape index (κ3) is 5.84. The van der Waals surface area contributed by atoms with Gasteiger partial charge in [-0.15, -0.1) is 0 Å². The van der Waals surface area contributed by atoms with Gasteiger partial charge in [0.15, 0.2) is 21.3 Å². The van der Waals surface area contributed by atoms with E-state index in [1.165, 1.54) is 12.3 Å². The Kier molecular flexibility index (Phi) is 7.12. The van der Waals surface area contributed by atoms with E-state index in [9.17, 15) is 13.2 Å². The molecule has 1 N–H and O–H groups in total. The summed E-state index contributed by atoms with van der Waals surface area (Å²) in [6.07, 6.45) is 4.89. The molecule has 1 aliphatic heterocycles. The monoisotopic (exact) mass is 493 g/mol. The summed E-state index contributed by atoms with van der Waals surface area (Å²) in [6, 6.07) is 18.2. The van der Waals surface area contributed by atoms with Gasteiger partial charge in [-0.25, -0.2) is 8.42 Å². The van der Waals surface area contributed by atoms with Crippen LogP contribution in [0.4, 0.5) is 0 Å². The molecule has 0 aromatic heterocycles. The summed E-state index contributed by atoms with van der Waals surface area (Å²) in [5, 5.41) is 2.88. The second-order valence-electron chi connectivity index (χ2n) is 8.26. The van der Waals surface area contributed by atoms with Crippen molar-refractivity contribution in [2.45, 2.75) is 17.4 Å². The van der Waals surface area contributed by atoms with Crippen LogP contribution in [0.2, 0.25) is 0 Å². The maximum Gasteiger partial charge on any atom is 0.244 e. The van der Waals surface area contributed by atoms with E-state index in [0.717, 1.165) is 28.0 Å². The zero-order chi connectivity index (χ0) is 25.0. The van der Waals surface area contributed by atoms with Crippen molar-refractivity contribution in [3.8, 4) is 28.4 Å². The van der Waals surface area contributed by atoms with Crippen LogP contribution in [0.5, 0.6) is 17.2 Å².